The number of rotatable bonds is 2. The fraction of sp³-hybridized carbons (Fsp3) is 0.0833. The van der Waals surface area contributed by atoms with E-state index in [9.17, 15) is 4.39 Å². The SMILES string of the molecule is Cl.Cl.NCc1cnccc1-c1ccc(F)cc1. The van der Waals surface area contributed by atoms with Gasteiger partial charge in [0.15, 0.2) is 0 Å². The van der Waals surface area contributed by atoms with E-state index in [0.717, 1.165) is 16.7 Å². The Morgan fingerprint density at radius 3 is 2.29 bits per heavy atom. The number of nitrogens with zero attached hydrogens (tertiary/aromatic N) is 1. The van der Waals surface area contributed by atoms with Gasteiger partial charge in [-0.25, -0.2) is 4.39 Å². The summed E-state index contributed by atoms with van der Waals surface area (Å²) in [7, 11) is 0. The Balaban J connectivity index is 0.00000128. The van der Waals surface area contributed by atoms with Crippen LogP contribution in [-0.2, 0) is 6.54 Å². The first-order valence-corrected chi connectivity index (χ1v) is 4.70. The predicted molar refractivity (Wildman–Crippen MR) is 72.0 cm³/mol. The number of pyridine rings is 1. The van der Waals surface area contributed by atoms with Crippen molar-refractivity contribution >= 4 is 24.8 Å². The highest BCUT2D eigenvalue weighted by atomic mass is 35.5. The highest BCUT2D eigenvalue weighted by molar-refractivity contribution is 5.85. The topological polar surface area (TPSA) is 38.9 Å². The zero-order valence-electron chi connectivity index (χ0n) is 8.97. The summed E-state index contributed by atoms with van der Waals surface area (Å²) < 4.78 is 12.7. The number of halogens is 3. The van der Waals surface area contributed by atoms with Crippen LogP contribution < -0.4 is 5.73 Å². The minimum Gasteiger partial charge on any atom is -0.326 e. The molecule has 5 heteroatoms. The first kappa shape index (κ1) is 15.8. The molecule has 1 aromatic heterocycles. The van der Waals surface area contributed by atoms with Gasteiger partial charge in [0, 0.05) is 18.9 Å². The largest absolute Gasteiger partial charge is 0.326 e. The first-order chi connectivity index (χ1) is 7.31. The Bertz CT molecular complexity index is 460. The molecule has 1 aromatic carbocycles. The van der Waals surface area contributed by atoms with Gasteiger partial charge in [-0.15, -0.1) is 24.8 Å². The van der Waals surface area contributed by atoms with Gasteiger partial charge < -0.3 is 5.73 Å². The zero-order chi connectivity index (χ0) is 10.7. The van der Waals surface area contributed by atoms with Crippen LogP contribution in [0.15, 0.2) is 42.7 Å². The van der Waals surface area contributed by atoms with Crippen molar-refractivity contribution < 1.29 is 4.39 Å². The van der Waals surface area contributed by atoms with Gasteiger partial charge in [-0.3, -0.25) is 4.98 Å². The number of hydrogen-bond acceptors (Lipinski definition) is 2. The first-order valence-electron chi connectivity index (χ1n) is 4.70. The maximum Gasteiger partial charge on any atom is 0.123 e. The molecule has 0 aliphatic heterocycles. The minimum absolute atomic E-state index is 0. The lowest BCUT2D eigenvalue weighted by Crippen LogP contribution is -1.99. The van der Waals surface area contributed by atoms with Crippen LogP contribution >= 0.6 is 24.8 Å². The summed E-state index contributed by atoms with van der Waals surface area (Å²) in [6.45, 7) is 0.431. The van der Waals surface area contributed by atoms with Crippen molar-refractivity contribution in [1.82, 2.24) is 4.98 Å². The highest BCUT2D eigenvalue weighted by Gasteiger charge is 2.03. The van der Waals surface area contributed by atoms with Crippen molar-refractivity contribution in [2.24, 2.45) is 5.73 Å². The van der Waals surface area contributed by atoms with Gasteiger partial charge in [0.05, 0.1) is 0 Å². The molecular formula is C12H13Cl2FN2. The minimum atomic E-state index is -0.234. The van der Waals surface area contributed by atoms with Crippen molar-refractivity contribution in [2.75, 3.05) is 0 Å². The Kier molecular flexibility index (Phi) is 6.73. The molecule has 0 spiro atoms. The van der Waals surface area contributed by atoms with E-state index in [0.29, 0.717) is 6.54 Å². The Hall–Kier alpha value is -1.16. The molecule has 2 aromatic rings. The predicted octanol–water partition coefficient (Wildman–Crippen LogP) is 3.19. The molecule has 1 heterocycles. The summed E-state index contributed by atoms with van der Waals surface area (Å²) in [5.41, 5.74) is 8.53. The molecule has 92 valence electrons. The second kappa shape index (κ2) is 7.22. The van der Waals surface area contributed by atoms with Crippen molar-refractivity contribution in [3.05, 3.63) is 54.1 Å². The molecule has 0 aliphatic carbocycles. The lowest BCUT2D eigenvalue weighted by Gasteiger charge is -2.06. The normalized spacial score (nSPS) is 9.06. The highest BCUT2D eigenvalue weighted by Crippen LogP contribution is 2.22. The van der Waals surface area contributed by atoms with Gasteiger partial charge in [-0.2, -0.15) is 0 Å². The van der Waals surface area contributed by atoms with Crippen LogP contribution in [0.4, 0.5) is 4.39 Å². The van der Waals surface area contributed by atoms with Crippen LogP contribution in [0.1, 0.15) is 5.56 Å². The molecule has 0 radical (unpaired) electrons. The van der Waals surface area contributed by atoms with E-state index < -0.39 is 0 Å². The molecule has 0 aliphatic rings. The maximum absolute atomic E-state index is 12.7. The monoisotopic (exact) mass is 274 g/mol. The molecule has 0 fully saturated rings. The third-order valence-electron chi connectivity index (χ3n) is 2.28. The summed E-state index contributed by atoms with van der Waals surface area (Å²) in [5.74, 6) is -0.234. The summed E-state index contributed by atoms with van der Waals surface area (Å²) in [4.78, 5) is 4.01. The molecular weight excluding hydrogens is 262 g/mol. The molecule has 2 rings (SSSR count). The van der Waals surface area contributed by atoms with E-state index in [-0.39, 0.29) is 30.6 Å². The summed E-state index contributed by atoms with van der Waals surface area (Å²) in [6, 6.07) is 8.25. The van der Waals surface area contributed by atoms with E-state index in [2.05, 4.69) is 4.98 Å². The lowest BCUT2D eigenvalue weighted by molar-refractivity contribution is 0.628. The van der Waals surface area contributed by atoms with Gasteiger partial charge in [0.2, 0.25) is 0 Å². The second-order valence-electron chi connectivity index (χ2n) is 3.24. The van der Waals surface area contributed by atoms with Gasteiger partial charge in [0.25, 0.3) is 0 Å². The van der Waals surface area contributed by atoms with E-state index in [1.807, 2.05) is 6.07 Å². The number of benzene rings is 1. The van der Waals surface area contributed by atoms with Crippen molar-refractivity contribution in [3.8, 4) is 11.1 Å². The van der Waals surface area contributed by atoms with E-state index >= 15 is 0 Å². The molecule has 0 saturated heterocycles. The molecule has 2 nitrogen and oxygen atoms in total. The van der Waals surface area contributed by atoms with Crippen LogP contribution in [0, 0.1) is 5.82 Å². The number of aromatic nitrogens is 1. The van der Waals surface area contributed by atoms with E-state index in [1.165, 1.54) is 12.1 Å². The molecule has 0 amide bonds. The Labute approximate surface area is 112 Å². The molecule has 0 saturated carbocycles. The number of nitrogens with two attached hydrogens (primary N) is 1. The molecule has 17 heavy (non-hydrogen) atoms. The van der Waals surface area contributed by atoms with E-state index in [1.54, 1.807) is 24.5 Å². The third kappa shape index (κ3) is 3.66. The fourth-order valence-electron chi connectivity index (χ4n) is 1.50. The third-order valence-corrected chi connectivity index (χ3v) is 2.28. The number of hydrogen-bond donors (Lipinski definition) is 1. The summed E-state index contributed by atoms with van der Waals surface area (Å²) >= 11 is 0. The standard InChI is InChI=1S/C12H11FN2.2ClH/c13-11-3-1-9(2-4-11)12-5-6-15-8-10(12)7-14;;/h1-6,8H,7,14H2;2*1H. The lowest BCUT2D eigenvalue weighted by atomic mass is 10.0. The Morgan fingerprint density at radius 2 is 1.71 bits per heavy atom. The Morgan fingerprint density at radius 1 is 1.06 bits per heavy atom. The average molecular weight is 275 g/mol. The van der Waals surface area contributed by atoms with Crippen LogP contribution in [0.2, 0.25) is 0 Å². The molecule has 2 N–H and O–H groups in total. The van der Waals surface area contributed by atoms with Gasteiger partial charge in [-0.1, -0.05) is 12.1 Å². The molecule has 0 bridgehead atoms. The molecule has 0 unspecified atom stereocenters. The zero-order valence-corrected chi connectivity index (χ0v) is 10.6. The second-order valence-corrected chi connectivity index (χ2v) is 3.24. The smallest absolute Gasteiger partial charge is 0.123 e. The molecule has 0 atom stereocenters. The van der Waals surface area contributed by atoms with Crippen LogP contribution in [-0.4, -0.2) is 4.98 Å². The van der Waals surface area contributed by atoms with Crippen LogP contribution in [0.5, 0.6) is 0 Å². The van der Waals surface area contributed by atoms with Gasteiger partial charge >= 0.3 is 0 Å². The summed E-state index contributed by atoms with van der Waals surface area (Å²) in [5, 5.41) is 0. The van der Waals surface area contributed by atoms with Gasteiger partial charge in [0.1, 0.15) is 5.82 Å². The van der Waals surface area contributed by atoms with Gasteiger partial charge in [-0.05, 0) is 34.9 Å². The van der Waals surface area contributed by atoms with Crippen LogP contribution in [0.3, 0.4) is 0 Å². The fourth-order valence-corrected chi connectivity index (χ4v) is 1.50. The maximum atomic E-state index is 12.7. The van der Waals surface area contributed by atoms with Crippen molar-refractivity contribution in [1.29, 1.82) is 0 Å². The van der Waals surface area contributed by atoms with E-state index in [4.69, 9.17) is 5.73 Å². The quantitative estimate of drug-likeness (QED) is 0.914. The van der Waals surface area contributed by atoms with Crippen LogP contribution in [0.25, 0.3) is 11.1 Å². The van der Waals surface area contributed by atoms with Crippen molar-refractivity contribution in [3.63, 3.8) is 0 Å². The summed E-state index contributed by atoms with van der Waals surface area (Å²) in [6.07, 6.45) is 3.44. The van der Waals surface area contributed by atoms with Crippen molar-refractivity contribution in [2.45, 2.75) is 6.54 Å². The average Bonchev–Trinajstić information content (AvgIpc) is 2.30.